The molecule has 0 radical (unpaired) electrons. The van der Waals surface area contributed by atoms with E-state index < -0.39 is 0 Å². The summed E-state index contributed by atoms with van der Waals surface area (Å²) in [7, 11) is 0. The largest absolute Gasteiger partial charge is 0.378 e. The van der Waals surface area contributed by atoms with Crippen LogP contribution in [0.15, 0.2) is 0 Å². The van der Waals surface area contributed by atoms with Crippen LogP contribution in [0.2, 0.25) is 0 Å². The third-order valence-corrected chi connectivity index (χ3v) is 6.00. The highest BCUT2D eigenvalue weighted by Crippen LogP contribution is 2.30. The first-order chi connectivity index (χ1) is 8.69. The third-order valence-electron chi connectivity index (χ3n) is 4.41. The van der Waals surface area contributed by atoms with Crippen molar-refractivity contribution in [2.75, 3.05) is 19.4 Å². The molecule has 0 aliphatic carbocycles. The smallest absolute Gasteiger partial charge is 0.0589 e. The molecule has 2 nitrogen and oxygen atoms in total. The Balaban J connectivity index is 2.37. The quantitative estimate of drug-likeness (QED) is 0.726. The second-order valence-electron chi connectivity index (χ2n) is 5.48. The predicted octanol–water partition coefficient (Wildman–Crippen LogP) is 3.85. The van der Waals surface area contributed by atoms with Crippen molar-refractivity contribution < 1.29 is 4.74 Å². The number of hydrogen-bond acceptors (Lipinski definition) is 3. The van der Waals surface area contributed by atoms with Gasteiger partial charge in [0.05, 0.1) is 6.10 Å². The van der Waals surface area contributed by atoms with E-state index >= 15 is 0 Å². The minimum absolute atomic E-state index is 0.429. The van der Waals surface area contributed by atoms with Crippen LogP contribution in [0.4, 0.5) is 0 Å². The summed E-state index contributed by atoms with van der Waals surface area (Å²) in [6.07, 6.45) is 10.1. The van der Waals surface area contributed by atoms with E-state index in [1.807, 2.05) is 11.8 Å². The molecule has 1 rings (SSSR count). The SMILES string of the molecule is CCCC1CC(NCC(CC)(CC)SC)CCO1. The highest BCUT2D eigenvalue weighted by atomic mass is 32.2. The highest BCUT2D eigenvalue weighted by Gasteiger charge is 2.28. The van der Waals surface area contributed by atoms with E-state index in [1.54, 1.807) is 0 Å². The van der Waals surface area contributed by atoms with Gasteiger partial charge in [0.15, 0.2) is 0 Å². The summed E-state index contributed by atoms with van der Waals surface area (Å²) >= 11 is 2.02. The van der Waals surface area contributed by atoms with Gasteiger partial charge in [-0.2, -0.15) is 11.8 Å². The Labute approximate surface area is 118 Å². The fourth-order valence-electron chi connectivity index (χ4n) is 2.78. The Bertz CT molecular complexity index is 208. The average molecular weight is 273 g/mol. The first kappa shape index (κ1) is 16.3. The minimum Gasteiger partial charge on any atom is -0.378 e. The standard InChI is InChI=1S/C15H31NOS/c1-5-8-14-11-13(9-10-17-14)16-12-15(6-2,7-3)18-4/h13-14,16H,5-12H2,1-4H3. The Morgan fingerprint density at radius 3 is 2.56 bits per heavy atom. The van der Waals surface area contributed by atoms with Gasteiger partial charge in [-0.1, -0.05) is 27.2 Å². The summed E-state index contributed by atoms with van der Waals surface area (Å²) in [5.74, 6) is 0. The van der Waals surface area contributed by atoms with Crippen molar-refractivity contribution in [2.45, 2.75) is 76.2 Å². The van der Waals surface area contributed by atoms with Crippen molar-refractivity contribution >= 4 is 11.8 Å². The molecule has 1 heterocycles. The maximum absolute atomic E-state index is 5.81. The lowest BCUT2D eigenvalue weighted by Crippen LogP contribution is -2.45. The zero-order valence-electron chi connectivity index (χ0n) is 12.6. The molecule has 0 aromatic carbocycles. The van der Waals surface area contributed by atoms with E-state index in [0.29, 0.717) is 16.9 Å². The van der Waals surface area contributed by atoms with Crippen molar-refractivity contribution in [3.8, 4) is 0 Å². The Morgan fingerprint density at radius 2 is 2.00 bits per heavy atom. The number of nitrogens with one attached hydrogen (secondary N) is 1. The molecule has 0 saturated carbocycles. The molecule has 1 N–H and O–H groups in total. The van der Waals surface area contributed by atoms with Crippen LogP contribution in [-0.2, 0) is 4.74 Å². The van der Waals surface area contributed by atoms with Gasteiger partial charge in [-0.3, -0.25) is 0 Å². The van der Waals surface area contributed by atoms with Crippen LogP contribution >= 0.6 is 11.8 Å². The van der Waals surface area contributed by atoms with Crippen molar-refractivity contribution in [3.63, 3.8) is 0 Å². The Kier molecular flexibility index (Phi) is 7.66. The fourth-order valence-corrected chi connectivity index (χ4v) is 3.58. The maximum atomic E-state index is 5.81. The lowest BCUT2D eigenvalue weighted by atomic mass is 9.97. The lowest BCUT2D eigenvalue weighted by molar-refractivity contribution is -0.00348. The molecule has 0 aromatic heterocycles. The van der Waals surface area contributed by atoms with Gasteiger partial charge in [0.2, 0.25) is 0 Å². The second kappa shape index (κ2) is 8.44. The van der Waals surface area contributed by atoms with Crippen molar-refractivity contribution in [3.05, 3.63) is 0 Å². The fraction of sp³-hybridized carbons (Fsp3) is 1.00. The van der Waals surface area contributed by atoms with E-state index in [2.05, 4.69) is 32.3 Å². The van der Waals surface area contributed by atoms with Gasteiger partial charge in [-0.05, 0) is 38.4 Å². The first-order valence-corrected chi connectivity index (χ1v) is 8.82. The van der Waals surface area contributed by atoms with Crippen LogP contribution in [0.25, 0.3) is 0 Å². The van der Waals surface area contributed by atoms with E-state index in [9.17, 15) is 0 Å². The highest BCUT2D eigenvalue weighted by molar-refractivity contribution is 8.00. The Hall–Kier alpha value is 0.270. The molecule has 0 bridgehead atoms. The molecule has 0 spiro atoms. The van der Waals surface area contributed by atoms with Gasteiger partial charge in [-0.25, -0.2) is 0 Å². The summed E-state index contributed by atoms with van der Waals surface area (Å²) in [5, 5.41) is 3.80. The second-order valence-corrected chi connectivity index (χ2v) is 6.75. The molecule has 18 heavy (non-hydrogen) atoms. The van der Waals surface area contributed by atoms with Crippen molar-refractivity contribution in [2.24, 2.45) is 0 Å². The predicted molar refractivity (Wildman–Crippen MR) is 82.5 cm³/mol. The van der Waals surface area contributed by atoms with Gasteiger partial charge in [0, 0.05) is 23.9 Å². The number of rotatable bonds is 8. The first-order valence-electron chi connectivity index (χ1n) is 7.59. The number of ether oxygens (including phenoxy) is 1. The number of thioether (sulfide) groups is 1. The topological polar surface area (TPSA) is 21.3 Å². The van der Waals surface area contributed by atoms with Crippen molar-refractivity contribution in [1.29, 1.82) is 0 Å². The van der Waals surface area contributed by atoms with Gasteiger partial charge < -0.3 is 10.1 Å². The van der Waals surface area contributed by atoms with E-state index in [4.69, 9.17) is 4.74 Å². The summed E-state index contributed by atoms with van der Waals surface area (Å²) in [6.45, 7) is 8.95. The van der Waals surface area contributed by atoms with Crippen LogP contribution in [0.1, 0.15) is 59.3 Å². The average Bonchev–Trinajstić information content (AvgIpc) is 2.42. The van der Waals surface area contributed by atoms with Crippen molar-refractivity contribution in [1.82, 2.24) is 5.32 Å². The zero-order chi connectivity index (χ0) is 13.4. The van der Waals surface area contributed by atoms with Gasteiger partial charge in [0.25, 0.3) is 0 Å². The monoisotopic (exact) mass is 273 g/mol. The maximum Gasteiger partial charge on any atom is 0.0589 e. The molecule has 1 saturated heterocycles. The van der Waals surface area contributed by atoms with E-state index in [0.717, 1.165) is 13.2 Å². The van der Waals surface area contributed by atoms with Crippen LogP contribution in [-0.4, -0.2) is 36.3 Å². The lowest BCUT2D eigenvalue weighted by Gasteiger charge is -2.35. The summed E-state index contributed by atoms with van der Waals surface area (Å²) in [6, 6.07) is 0.667. The molecule has 2 atom stereocenters. The molecule has 1 fully saturated rings. The van der Waals surface area contributed by atoms with Gasteiger partial charge in [-0.15, -0.1) is 0 Å². The van der Waals surface area contributed by atoms with Crippen LogP contribution in [0.3, 0.4) is 0 Å². The zero-order valence-corrected chi connectivity index (χ0v) is 13.4. The third kappa shape index (κ3) is 4.75. The van der Waals surface area contributed by atoms with Crippen LogP contribution in [0.5, 0.6) is 0 Å². The summed E-state index contributed by atoms with van der Waals surface area (Å²) in [5.41, 5.74) is 0. The number of hydrogen-bond donors (Lipinski definition) is 1. The normalized spacial score (nSPS) is 25.3. The molecular weight excluding hydrogens is 242 g/mol. The van der Waals surface area contributed by atoms with Gasteiger partial charge in [0.1, 0.15) is 0 Å². The summed E-state index contributed by atoms with van der Waals surface area (Å²) in [4.78, 5) is 0. The minimum atomic E-state index is 0.429. The summed E-state index contributed by atoms with van der Waals surface area (Å²) < 4.78 is 6.24. The van der Waals surface area contributed by atoms with Gasteiger partial charge >= 0.3 is 0 Å². The molecule has 0 aromatic rings. The molecule has 0 amide bonds. The van der Waals surface area contributed by atoms with E-state index in [-0.39, 0.29) is 0 Å². The molecule has 1 aliphatic rings. The molecule has 3 heteroatoms. The molecule has 1 aliphatic heterocycles. The molecule has 108 valence electrons. The van der Waals surface area contributed by atoms with Crippen LogP contribution < -0.4 is 5.32 Å². The van der Waals surface area contributed by atoms with E-state index in [1.165, 1.54) is 38.5 Å². The molecule has 2 unspecified atom stereocenters. The Morgan fingerprint density at radius 1 is 1.28 bits per heavy atom. The van der Waals surface area contributed by atoms with Crippen LogP contribution in [0, 0.1) is 0 Å². The molecular formula is C15H31NOS.